The Hall–Kier alpha value is -2.67. The minimum atomic E-state index is 0.501. The molecule has 0 aliphatic rings. The topological polar surface area (TPSA) is 12.9 Å². The third kappa shape index (κ3) is 2.70. The van der Waals surface area contributed by atoms with Crippen molar-refractivity contribution in [2.45, 2.75) is 33.1 Å². The van der Waals surface area contributed by atoms with E-state index in [0.717, 1.165) is 17.6 Å². The molecular weight excluding hydrogens is 302 g/mol. The molecule has 1 aromatic heterocycles. The summed E-state index contributed by atoms with van der Waals surface area (Å²) in [5.74, 6) is 0.501. The highest BCUT2D eigenvalue weighted by Crippen LogP contribution is 2.33. The molecular formula is C24H23N. The zero-order valence-corrected chi connectivity index (χ0v) is 15.1. The molecule has 124 valence electrons. The zero-order chi connectivity index (χ0) is 17.4. The number of hydrogen-bond donors (Lipinski definition) is 0. The van der Waals surface area contributed by atoms with Crippen molar-refractivity contribution in [2.75, 3.05) is 0 Å². The maximum absolute atomic E-state index is 5.01. The van der Waals surface area contributed by atoms with Gasteiger partial charge in [-0.2, -0.15) is 0 Å². The van der Waals surface area contributed by atoms with E-state index in [2.05, 4.69) is 87.5 Å². The lowest BCUT2D eigenvalue weighted by Gasteiger charge is -2.13. The fourth-order valence-electron chi connectivity index (χ4n) is 3.76. The van der Waals surface area contributed by atoms with Crippen LogP contribution in [0, 0.1) is 0 Å². The number of rotatable bonds is 3. The summed E-state index contributed by atoms with van der Waals surface area (Å²) in [4.78, 5) is 5.01. The molecule has 0 aliphatic heterocycles. The third-order valence-electron chi connectivity index (χ3n) is 5.04. The van der Waals surface area contributed by atoms with Crippen LogP contribution in [0.15, 0.2) is 66.7 Å². The molecule has 0 atom stereocenters. The summed E-state index contributed by atoms with van der Waals surface area (Å²) < 4.78 is 0. The average molecular weight is 325 g/mol. The Balaban J connectivity index is 1.98. The highest BCUT2D eigenvalue weighted by molar-refractivity contribution is 5.99. The van der Waals surface area contributed by atoms with Crippen LogP contribution in [0.2, 0.25) is 0 Å². The largest absolute Gasteiger partial charge is 0.248 e. The number of pyridine rings is 1. The number of benzene rings is 3. The number of aromatic nitrogens is 1. The molecule has 0 fully saturated rings. The Kier molecular flexibility index (Phi) is 4.01. The normalized spacial score (nSPS) is 11.5. The predicted octanol–water partition coefficient (Wildman–Crippen LogP) is 6.74. The first kappa shape index (κ1) is 15.8. The first-order valence-corrected chi connectivity index (χ1v) is 9.09. The Morgan fingerprint density at radius 1 is 0.840 bits per heavy atom. The summed E-state index contributed by atoms with van der Waals surface area (Å²) in [6.07, 6.45) is 1.03. The highest BCUT2D eigenvalue weighted by atomic mass is 14.7. The number of nitrogens with zero attached hydrogens (tertiary/aromatic N) is 1. The third-order valence-corrected chi connectivity index (χ3v) is 5.04. The molecule has 3 aromatic carbocycles. The molecule has 0 unspecified atom stereocenters. The van der Waals surface area contributed by atoms with Gasteiger partial charge in [-0.25, -0.2) is 4.98 Å². The molecule has 0 bridgehead atoms. The van der Waals surface area contributed by atoms with Crippen molar-refractivity contribution in [1.29, 1.82) is 0 Å². The summed E-state index contributed by atoms with van der Waals surface area (Å²) in [7, 11) is 0. The van der Waals surface area contributed by atoms with Crippen molar-refractivity contribution >= 4 is 21.7 Å². The fraction of sp³-hybridized carbons (Fsp3) is 0.208. The van der Waals surface area contributed by atoms with Gasteiger partial charge in [-0.05, 0) is 46.4 Å². The van der Waals surface area contributed by atoms with Crippen molar-refractivity contribution in [1.82, 2.24) is 4.98 Å². The summed E-state index contributed by atoms with van der Waals surface area (Å²) in [5, 5.41) is 3.88. The van der Waals surface area contributed by atoms with Crippen LogP contribution in [-0.2, 0) is 6.42 Å². The molecule has 0 spiro atoms. The van der Waals surface area contributed by atoms with E-state index in [1.54, 1.807) is 0 Å². The van der Waals surface area contributed by atoms with Crippen LogP contribution in [-0.4, -0.2) is 4.98 Å². The lowest BCUT2D eigenvalue weighted by atomic mass is 9.94. The Bertz CT molecular complexity index is 1050. The second-order valence-corrected chi connectivity index (χ2v) is 6.94. The molecule has 25 heavy (non-hydrogen) atoms. The minimum absolute atomic E-state index is 0.501. The summed E-state index contributed by atoms with van der Waals surface area (Å²) in [6.45, 7) is 6.69. The van der Waals surface area contributed by atoms with Gasteiger partial charge in [0.15, 0.2) is 0 Å². The summed E-state index contributed by atoms with van der Waals surface area (Å²) in [6, 6.07) is 23.9. The summed E-state index contributed by atoms with van der Waals surface area (Å²) >= 11 is 0. The van der Waals surface area contributed by atoms with Crippen LogP contribution in [0.1, 0.15) is 37.8 Å². The van der Waals surface area contributed by atoms with E-state index < -0.39 is 0 Å². The molecule has 4 aromatic rings. The Morgan fingerprint density at radius 2 is 1.60 bits per heavy atom. The number of aryl methyl sites for hydroxylation is 1. The molecule has 0 saturated carbocycles. The van der Waals surface area contributed by atoms with Crippen LogP contribution in [0.25, 0.3) is 32.9 Å². The van der Waals surface area contributed by atoms with Crippen molar-refractivity contribution in [3.8, 4) is 11.3 Å². The molecule has 1 heterocycles. The lowest BCUT2D eigenvalue weighted by molar-refractivity contribution is 0.876. The number of hydrogen-bond acceptors (Lipinski definition) is 1. The van der Waals surface area contributed by atoms with E-state index in [9.17, 15) is 0 Å². The van der Waals surface area contributed by atoms with Crippen molar-refractivity contribution < 1.29 is 0 Å². The maximum Gasteiger partial charge on any atom is 0.0716 e. The first-order chi connectivity index (χ1) is 12.2. The molecule has 0 aliphatic carbocycles. The van der Waals surface area contributed by atoms with Gasteiger partial charge < -0.3 is 0 Å². The molecule has 0 amide bonds. The van der Waals surface area contributed by atoms with E-state index in [1.807, 2.05) is 0 Å². The average Bonchev–Trinajstić information content (AvgIpc) is 2.65. The van der Waals surface area contributed by atoms with Gasteiger partial charge in [0, 0.05) is 10.9 Å². The van der Waals surface area contributed by atoms with Gasteiger partial charge in [0.2, 0.25) is 0 Å². The molecule has 0 N–H and O–H groups in total. The Morgan fingerprint density at radius 3 is 2.36 bits per heavy atom. The Labute approximate surface area is 149 Å². The van der Waals surface area contributed by atoms with Crippen LogP contribution in [0.4, 0.5) is 0 Å². The van der Waals surface area contributed by atoms with Gasteiger partial charge >= 0.3 is 0 Å². The molecule has 1 nitrogen and oxygen atoms in total. The SMILES string of the molecule is CCc1cccc2cccc(-c3ccc4c(C(C)C)cccc4n3)c12. The van der Waals surface area contributed by atoms with Crippen molar-refractivity contribution in [3.63, 3.8) is 0 Å². The van der Waals surface area contributed by atoms with E-state index in [4.69, 9.17) is 4.98 Å². The number of fused-ring (bicyclic) bond motifs is 2. The van der Waals surface area contributed by atoms with Crippen LogP contribution < -0.4 is 0 Å². The molecule has 4 rings (SSSR count). The van der Waals surface area contributed by atoms with E-state index >= 15 is 0 Å². The standard InChI is InChI=1S/C24H23N/c1-4-17-8-5-9-18-10-6-12-21(24(17)18)23-15-14-20-19(16(2)3)11-7-13-22(20)25-23/h5-16H,4H2,1-3H3. The van der Waals surface area contributed by atoms with Crippen LogP contribution in [0.3, 0.4) is 0 Å². The molecule has 1 heteroatoms. The van der Waals surface area contributed by atoms with E-state index in [0.29, 0.717) is 5.92 Å². The summed E-state index contributed by atoms with van der Waals surface area (Å²) in [5.41, 5.74) is 6.11. The van der Waals surface area contributed by atoms with Crippen molar-refractivity contribution in [3.05, 3.63) is 77.9 Å². The van der Waals surface area contributed by atoms with Gasteiger partial charge in [-0.15, -0.1) is 0 Å². The van der Waals surface area contributed by atoms with Gasteiger partial charge in [-0.1, -0.05) is 75.4 Å². The maximum atomic E-state index is 5.01. The minimum Gasteiger partial charge on any atom is -0.248 e. The van der Waals surface area contributed by atoms with E-state index in [1.165, 1.54) is 32.8 Å². The van der Waals surface area contributed by atoms with Gasteiger partial charge in [0.25, 0.3) is 0 Å². The van der Waals surface area contributed by atoms with Gasteiger partial charge in [0.05, 0.1) is 11.2 Å². The monoisotopic (exact) mass is 325 g/mol. The molecule has 0 saturated heterocycles. The van der Waals surface area contributed by atoms with Crippen molar-refractivity contribution in [2.24, 2.45) is 0 Å². The fourth-order valence-corrected chi connectivity index (χ4v) is 3.76. The van der Waals surface area contributed by atoms with Crippen LogP contribution >= 0.6 is 0 Å². The predicted molar refractivity (Wildman–Crippen MR) is 108 cm³/mol. The first-order valence-electron chi connectivity index (χ1n) is 9.09. The second kappa shape index (κ2) is 6.33. The van der Waals surface area contributed by atoms with Gasteiger partial charge in [0.1, 0.15) is 0 Å². The smallest absolute Gasteiger partial charge is 0.0716 e. The highest BCUT2D eigenvalue weighted by Gasteiger charge is 2.11. The quantitative estimate of drug-likeness (QED) is 0.406. The van der Waals surface area contributed by atoms with E-state index in [-0.39, 0.29) is 0 Å². The van der Waals surface area contributed by atoms with Gasteiger partial charge in [-0.3, -0.25) is 0 Å². The van der Waals surface area contributed by atoms with Crippen LogP contribution in [0.5, 0.6) is 0 Å². The molecule has 0 radical (unpaired) electrons. The lowest BCUT2D eigenvalue weighted by Crippen LogP contribution is -1.93. The zero-order valence-electron chi connectivity index (χ0n) is 15.1. The second-order valence-electron chi connectivity index (χ2n) is 6.94.